The zero-order chi connectivity index (χ0) is 15.9. The molecule has 22 heavy (non-hydrogen) atoms. The molecule has 0 atom stereocenters. The van der Waals surface area contributed by atoms with Crippen LogP contribution < -0.4 is 0 Å². The first-order chi connectivity index (χ1) is 10.6. The van der Waals surface area contributed by atoms with Gasteiger partial charge in [0.2, 0.25) is 11.8 Å². The lowest BCUT2D eigenvalue weighted by Gasteiger charge is -2.21. The first kappa shape index (κ1) is 16.9. The minimum absolute atomic E-state index is 0.100. The van der Waals surface area contributed by atoms with Gasteiger partial charge in [0, 0.05) is 38.9 Å². The third-order valence-corrected chi connectivity index (χ3v) is 4.86. The average molecular weight is 320 g/mol. The Kier molecular flexibility index (Phi) is 6.31. The molecule has 1 heterocycles. The van der Waals surface area contributed by atoms with Crippen LogP contribution in [-0.4, -0.2) is 53.5 Å². The number of hydrogen-bond donors (Lipinski definition) is 0. The summed E-state index contributed by atoms with van der Waals surface area (Å²) in [6, 6.07) is 8.39. The van der Waals surface area contributed by atoms with Crippen LogP contribution in [0, 0.1) is 6.92 Å². The second-order valence-electron chi connectivity index (χ2n) is 5.72. The van der Waals surface area contributed by atoms with Crippen molar-refractivity contribution in [3.8, 4) is 0 Å². The Hall–Kier alpha value is -1.49. The second kappa shape index (κ2) is 8.22. The van der Waals surface area contributed by atoms with Gasteiger partial charge in [0.1, 0.15) is 0 Å². The van der Waals surface area contributed by atoms with E-state index in [-0.39, 0.29) is 11.8 Å². The van der Waals surface area contributed by atoms with E-state index in [9.17, 15) is 9.59 Å². The molecule has 0 spiro atoms. The zero-order valence-corrected chi connectivity index (χ0v) is 14.2. The highest BCUT2D eigenvalue weighted by Gasteiger charge is 2.19. The number of benzene rings is 1. The molecule has 2 rings (SSSR count). The molecule has 0 aliphatic carbocycles. The van der Waals surface area contributed by atoms with Gasteiger partial charge in [0.25, 0.3) is 0 Å². The fourth-order valence-corrected chi connectivity index (χ4v) is 3.51. The first-order valence-corrected chi connectivity index (χ1v) is 8.88. The van der Waals surface area contributed by atoms with Crippen LogP contribution >= 0.6 is 11.8 Å². The number of carbonyl (C=O) groups is 2. The van der Waals surface area contributed by atoms with Crippen LogP contribution in [0.4, 0.5) is 0 Å². The van der Waals surface area contributed by atoms with Crippen molar-refractivity contribution < 1.29 is 9.59 Å². The monoisotopic (exact) mass is 320 g/mol. The minimum Gasteiger partial charge on any atom is -0.341 e. The van der Waals surface area contributed by atoms with E-state index >= 15 is 0 Å². The molecule has 0 aromatic heterocycles. The molecule has 0 unspecified atom stereocenters. The van der Waals surface area contributed by atoms with Crippen molar-refractivity contribution >= 4 is 23.6 Å². The molecule has 1 aromatic carbocycles. The fraction of sp³-hybridized carbons (Fsp3) is 0.529. The van der Waals surface area contributed by atoms with Gasteiger partial charge < -0.3 is 9.80 Å². The third-order valence-electron chi connectivity index (χ3n) is 3.87. The average Bonchev–Trinajstić information content (AvgIpc) is 2.73. The maximum Gasteiger partial charge on any atom is 0.232 e. The van der Waals surface area contributed by atoms with Gasteiger partial charge >= 0.3 is 0 Å². The molecule has 2 amide bonds. The molecule has 1 saturated heterocycles. The number of carbonyl (C=O) groups excluding carboxylic acids is 2. The summed E-state index contributed by atoms with van der Waals surface area (Å²) in [6.45, 7) is 6.50. The molecule has 0 saturated carbocycles. The van der Waals surface area contributed by atoms with Gasteiger partial charge in [-0.2, -0.15) is 0 Å². The highest BCUT2D eigenvalue weighted by molar-refractivity contribution is 7.99. The SMILES string of the molecule is CC(=O)N1CCCN(C(=O)CSCc2cccc(C)c2)CC1. The number of nitrogens with zero attached hydrogens (tertiary/aromatic N) is 2. The molecular weight excluding hydrogens is 296 g/mol. The summed E-state index contributed by atoms with van der Waals surface area (Å²) in [5.41, 5.74) is 2.51. The molecule has 0 bridgehead atoms. The quantitative estimate of drug-likeness (QED) is 0.855. The number of thioether (sulfide) groups is 1. The zero-order valence-electron chi connectivity index (χ0n) is 13.4. The fourth-order valence-electron chi connectivity index (χ4n) is 2.63. The topological polar surface area (TPSA) is 40.6 Å². The number of hydrogen-bond acceptors (Lipinski definition) is 3. The number of amides is 2. The van der Waals surface area contributed by atoms with Crippen LogP contribution in [-0.2, 0) is 15.3 Å². The van der Waals surface area contributed by atoms with E-state index in [0.29, 0.717) is 18.8 Å². The van der Waals surface area contributed by atoms with Crippen molar-refractivity contribution in [1.29, 1.82) is 0 Å². The van der Waals surface area contributed by atoms with Crippen LogP contribution in [0.1, 0.15) is 24.5 Å². The highest BCUT2D eigenvalue weighted by atomic mass is 32.2. The number of rotatable bonds is 4. The smallest absolute Gasteiger partial charge is 0.232 e. The van der Waals surface area contributed by atoms with Gasteiger partial charge in [-0.3, -0.25) is 9.59 Å². The van der Waals surface area contributed by atoms with Crippen LogP contribution in [0.15, 0.2) is 24.3 Å². The number of aryl methyl sites for hydroxylation is 1. The van der Waals surface area contributed by atoms with E-state index in [2.05, 4.69) is 31.2 Å². The summed E-state index contributed by atoms with van der Waals surface area (Å²) in [7, 11) is 0. The van der Waals surface area contributed by atoms with E-state index < -0.39 is 0 Å². The molecule has 4 nitrogen and oxygen atoms in total. The van der Waals surface area contributed by atoms with Crippen molar-refractivity contribution in [2.75, 3.05) is 31.9 Å². The summed E-state index contributed by atoms with van der Waals surface area (Å²) in [5, 5.41) is 0. The Balaban J connectivity index is 1.76. The van der Waals surface area contributed by atoms with Crippen molar-refractivity contribution in [3.63, 3.8) is 0 Å². The molecule has 1 aromatic rings. The lowest BCUT2D eigenvalue weighted by molar-refractivity contribution is -0.130. The summed E-state index contributed by atoms with van der Waals surface area (Å²) < 4.78 is 0. The lowest BCUT2D eigenvalue weighted by atomic mass is 10.2. The summed E-state index contributed by atoms with van der Waals surface area (Å²) in [6.07, 6.45) is 0.869. The molecule has 0 radical (unpaired) electrons. The van der Waals surface area contributed by atoms with Crippen molar-refractivity contribution in [2.24, 2.45) is 0 Å². The Morgan fingerprint density at radius 1 is 1.14 bits per heavy atom. The van der Waals surface area contributed by atoms with E-state index in [1.54, 1.807) is 18.7 Å². The van der Waals surface area contributed by atoms with E-state index in [1.807, 2.05) is 9.80 Å². The molecule has 1 fully saturated rings. The van der Waals surface area contributed by atoms with E-state index in [1.165, 1.54) is 11.1 Å². The van der Waals surface area contributed by atoms with Gasteiger partial charge in [-0.15, -0.1) is 11.8 Å². The van der Waals surface area contributed by atoms with Gasteiger partial charge in [0.05, 0.1) is 5.75 Å². The van der Waals surface area contributed by atoms with Crippen LogP contribution in [0.5, 0.6) is 0 Å². The first-order valence-electron chi connectivity index (χ1n) is 7.73. The molecule has 0 N–H and O–H groups in total. The lowest BCUT2D eigenvalue weighted by Crippen LogP contribution is -2.37. The van der Waals surface area contributed by atoms with Gasteiger partial charge in [-0.05, 0) is 18.9 Å². The van der Waals surface area contributed by atoms with Gasteiger partial charge in [0.15, 0.2) is 0 Å². The Morgan fingerprint density at radius 2 is 1.86 bits per heavy atom. The third kappa shape index (κ3) is 5.05. The largest absolute Gasteiger partial charge is 0.341 e. The maximum atomic E-state index is 12.3. The predicted octanol–water partition coefficient (Wildman–Crippen LogP) is 2.31. The molecule has 1 aliphatic rings. The van der Waals surface area contributed by atoms with E-state index in [4.69, 9.17) is 0 Å². The summed E-state index contributed by atoms with van der Waals surface area (Å²) in [5.74, 6) is 1.65. The molecule has 1 aliphatic heterocycles. The van der Waals surface area contributed by atoms with Gasteiger partial charge in [-0.25, -0.2) is 0 Å². The molecule has 120 valence electrons. The Labute approximate surface area is 136 Å². The van der Waals surface area contributed by atoms with Crippen LogP contribution in [0.2, 0.25) is 0 Å². The standard InChI is InChI=1S/C17H24N2O2S/c1-14-5-3-6-16(11-14)12-22-13-17(21)19-8-4-7-18(9-10-19)15(2)20/h3,5-6,11H,4,7-10,12-13H2,1-2H3. The molecule has 5 heteroatoms. The van der Waals surface area contributed by atoms with Crippen molar-refractivity contribution in [2.45, 2.75) is 26.0 Å². The van der Waals surface area contributed by atoms with E-state index in [0.717, 1.165) is 25.3 Å². The van der Waals surface area contributed by atoms with Crippen LogP contribution in [0.25, 0.3) is 0 Å². The Bertz CT molecular complexity index is 533. The van der Waals surface area contributed by atoms with Gasteiger partial charge in [-0.1, -0.05) is 29.8 Å². The maximum absolute atomic E-state index is 12.3. The Morgan fingerprint density at radius 3 is 2.59 bits per heavy atom. The van der Waals surface area contributed by atoms with Crippen molar-refractivity contribution in [3.05, 3.63) is 35.4 Å². The predicted molar refractivity (Wildman–Crippen MR) is 90.8 cm³/mol. The van der Waals surface area contributed by atoms with Crippen molar-refractivity contribution in [1.82, 2.24) is 9.80 Å². The van der Waals surface area contributed by atoms with Crippen LogP contribution in [0.3, 0.4) is 0 Å². The minimum atomic E-state index is 0.100. The second-order valence-corrected chi connectivity index (χ2v) is 6.71. The highest BCUT2D eigenvalue weighted by Crippen LogP contribution is 2.15. The normalized spacial score (nSPS) is 15.5. The molecular formula is C17H24N2O2S. The summed E-state index contributed by atoms with van der Waals surface area (Å²) in [4.78, 5) is 27.4. The summed E-state index contributed by atoms with van der Waals surface area (Å²) >= 11 is 1.66.